The van der Waals surface area contributed by atoms with Gasteiger partial charge in [0.05, 0.1) is 5.92 Å². The van der Waals surface area contributed by atoms with E-state index in [-0.39, 0.29) is 17.7 Å². The molecule has 1 aromatic heterocycles. The molecule has 1 unspecified atom stereocenters. The summed E-state index contributed by atoms with van der Waals surface area (Å²) in [4.78, 5) is 34.9. The number of piperidine rings is 1. The molecule has 2 heterocycles. The minimum absolute atomic E-state index is 0.00338. The van der Waals surface area contributed by atoms with Crippen LogP contribution in [0.2, 0.25) is 0 Å². The van der Waals surface area contributed by atoms with Gasteiger partial charge in [-0.25, -0.2) is 9.97 Å². The van der Waals surface area contributed by atoms with Crippen LogP contribution < -0.4 is 15.5 Å². The summed E-state index contributed by atoms with van der Waals surface area (Å²) >= 11 is 0. The van der Waals surface area contributed by atoms with Crippen LogP contribution in [0, 0.1) is 19.8 Å². The van der Waals surface area contributed by atoms with Gasteiger partial charge >= 0.3 is 0 Å². The highest BCUT2D eigenvalue weighted by Gasteiger charge is 2.27. The van der Waals surface area contributed by atoms with Crippen LogP contribution in [-0.2, 0) is 9.59 Å². The number of benzene rings is 1. The van der Waals surface area contributed by atoms with Gasteiger partial charge in [-0.3, -0.25) is 9.59 Å². The Morgan fingerprint density at radius 2 is 1.63 bits per heavy atom. The number of anilines is 3. The third kappa shape index (κ3) is 5.03. The topological polar surface area (TPSA) is 87.2 Å². The molecule has 1 fully saturated rings. The summed E-state index contributed by atoms with van der Waals surface area (Å²) < 4.78 is 0. The zero-order chi connectivity index (χ0) is 19.4. The number of hydrogen-bond donors (Lipinski definition) is 2. The number of rotatable bonds is 4. The Bertz CT molecular complexity index is 815. The fourth-order valence-electron chi connectivity index (χ4n) is 3.31. The fraction of sp³-hybridized carbons (Fsp3) is 0.400. The van der Waals surface area contributed by atoms with Crippen molar-refractivity contribution in [1.29, 1.82) is 0 Å². The van der Waals surface area contributed by atoms with Gasteiger partial charge in [0.2, 0.25) is 17.8 Å². The molecule has 0 saturated carbocycles. The van der Waals surface area contributed by atoms with Crippen LogP contribution in [0.25, 0.3) is 0 Å². The van der Waals surface area contributed by atoms with Gasteiger partial charge in [-0.05, 0) is 57.0 Å². The molecule has 1 aliphatic rings. The molecular formula is C20H25N5O2. The van der Waals surface area contributed by atoms with Crippen LogP contribution in [0.3, 0.4) is 0 Å². The maximum atomic E-state index is 12.7. The summed E-state index contributed by atoms with van der Waals surface area (Å²) in [6.07, 6.45) is 1.77. The zero-order valence-corrected chi connectivity index (χ0v) is 16.0. The van der Waals surface area contributed by atoms with Gasteiger partial charge in [-0.1, -0.05) is 0 Å². The SMILES string of the molecule is CC(=O)Nc1ccc(NC(=O)C2CCCN(c3nc(C)cc(C)n3)C2)cc1. The molecule has 2 N–H and O–H groups in total. The average molecular weight is 367 g/mol. The highest BCUT2D eigenvalue weighted by atomic mass is 16.2. The molecule has 3 rings (SSSR count). The molecule has 0 aliphatic carbocycles. The molecule has 27 heavy (non-hydrogen) atoms. The highest BCUT2D eigenvalue weighted by Crippen LogP contribution is 2.23. The van der Waals surface area contributed by atoms with E-state index in [0.29, 0.717) is 23.9 Å². The minimum Gasteiger partial charge on any atom is -0.340 e. The van der Waals surface area contributed by atoms with Gasteiger partial charge in [-0.15, -0.1) is 0 Å². The third-order valence-corrected chi connectivity index (χ3v) is 4.52. The second kappa shape index (κ2) is 8.16. The van der Waals surface area contributed by atoms with Gasteiger partial charge in [0.15, 0.2) is 0 Å². The number of aryl methyl sites for hydroxylation is 2. The van der Waals surface area contributed by atoms with E-state index in [1.54, 1.807) is 24.3 Å². The molecule has 0 bridgehead atoms. The van der Waals surface area contributed by atoms with Crippen LogP contribution >= 0.6 is 0 Å². The van der Waals surface area contributed by atoms with E-state index in [2.05, 4.69) is 25.5 Å². The molecule has 142 valence electrons. The first-order chi connectivity index (χ1) is 12.9. The first kappa shape index (κ1) is 18.8. The molecule has 2 amide bonds. The lowest BCUT2D eigenvalue weighted by Gasteiger charge is -2.32. The highest BCUT2D eigenvalue weighted by molar-refractivity contribution is 5.94. The van der Waals surface area contributed by atoms with Crippen LogP contribution in [0.15, 0.2) is 30.3 Å². The van der Waals surface area contributed by atoms with Crippen molar-refractivity contribution in [2.75, 3.05) is 28.6 Å². The largest absolute Gasteiger partial charge is 0.340 e. The van der Waals surface area contributed by atoms with Crippen molar-refractivity contribution >= 4 is 29.1 Å². The zero-order valence-electron chi connectivity index (χ0n) is 16.0. The van der Waals surface area contributed by atoms with E-state index in [1.165, 1.54) is 6.92 Å². The molecule has 1 saturated heterocycles. The van der Waals surface area contributed by atoms with Crippen LogP contribution in [0.5, 0.6) is 0 Å². The summed E-state index contributed by atoms with van der Waals surface area (Å²) in [6.45, 7) is 6.84. The van der Waals surface area contributed by atoms with E-state index in [0.717, 1.165) is 30.8 Å². The van der Waals surface area contributed by atoms with E-state index >= 15 is 0 Å². The number of carbonyl (C=O) groups is 2. The lowest BCUT2D eigenvalue weighted by atomic mass is 9.97. The van der Waals surface area contributed by atoms with Crippen molar-refractivity contribution in [2.24, 2.45) is 5.92 Å². The Balaban J connectivity index is 1.63. The van der Waals surface area contributed by atoms with Gasteiger partial charge in [0.25, 0.3) is 0 Å². The molecule has 7 nitrogen and oxygen atoms in total. The van der Waals surface area contributed by atoms with Crippen molar-refractivity contribution in [1.82, 2.24) is 9.97 Å². The van der Waals surface area contributed by atoms with Crippen molar-refractivity contribution in [3.05, 3.63) is 41.7 Å². The van der Waals surface area contributed by atoms with E-state index < -0.39 is 0 Å². The Morgan fingerprint density at radius 3 is 2.22 bits per heavy atom. The van der Waals surface area contributed by atoms with Gasteiger partial charge in [0, 0.05) is 42.8 Å². The lowest BCUT2D eigenvalue weighted by molar-refractivity contribution is -0.120. The number of nitrogens with zero attached hydrogens (tertiary/aromatic N) is 3. The van der Waals surface area contributed by atoms with Crippen molar-refractivity contribution in [3.63, 3.8) is 0 Å². The first-order valence-corrected chi connectivity index (χ1v) is 9.16. The van der Waals surface area contributed by atoms with E-state index in [4.69, 9.17) is 0 Å². The van der Waals surface area contributed by atoms with Crippen molar-refractivity contribution in [2.45, 2.75) is 33.6 Å². The molecule has 0 radical (unpaired) electrons. The molecular weight excluding hydrogens is 342 g/mol. The summed E-state index contributed by atoms with van der Waals surface area (Å²) in [5.74, 6) is 0.460. The van der Waals surface area contributed by atoms with E-state index in [9.17, 15) is 9.59 Å². The first-order valence-electron chi connectivity index (χ1n) is 9.16. The Labute approximate surface area is 159 Å². The Hall–Kier alpha value is -2.96. The smallest absolute Gasteiger partial charge is 0.229 e. The number of amides is 2. The molecule has 1 atom stereocenters. The molecule has 7 heteroatoms. The fourth-order valence-corrected chi connectivity index (χ4v) is 3.31. The third-order valence-electron chi connectivity index (χ3n) is 4.52. The van der Waals surface area contributed by atoms with Crippen LogP contribution in [0.1, 0.15) is 31.2 Å². The molecule has 1 aromatic carbocycles. The van der Waals surface area contributed by atoms with Gasteiger partial charge in [-0.2, -0.15) is 0 Å². The van der Waals surface area contributed by atoms with Crippen LogP contribution in [0.4, 0.5) is 17.3 Å². The predicted molar refractivity (Wildman–Crippen MR) is 106 cm³/mol. The second-order valence-corrected chi connectivity index (χ2v) is 6.98. The summed E-state index contributed by atoms with van der Waals surface area (Å²) in [6, 6.07) is 9.07. The quantitative estimate of drug-likeness (QED) is 0.868. The normalized spacial score (nSPS) is 16.7. The maximum Gasteiger partial charge on any atom is 0.229 e. The van der Waals surface area contributed by atoms with E-state index in [1.807, 2.05) is 19.9 Å². The number of hydrogen-bond acceptors (Lipinski definition) is 5. The Morgan fingerprint density at radius 1 is 1.04 bits per heavy atom. The second-order valence-electron chi connectivity index (χ2n) is 6.98. The molecule has 0 spiro atoms. The number of aromatic nitrogens is 2. The monoisotopic (exact) mass is 367 g/mol. The predicted octanol–water partition coefficient (Wildman–Crippen LogP) is 2.91. The number of nitrogens with one attached hydrogen (secondary N) is 2. The number of carbonyl (C=O) groups excluding carboxylic acids is 2. The summed E-state index contributed by atoms with van der Waals surface area (Å²) in [5.41, 5.74) is 3.29. The van der Waals surface area contributed by atoms with Crippen molar-refractivity contribution in [3.8, 4) is 0 Å². The summed E-state index contributed by atoms with van der Waals surface area (Å²) in [7, 11) is 0. The molecule has 2 aromatic rings. The van der Waals surface area contributed by atoms with Gasteiger partial charge < -0.3 is 15.5 Å². The van der Waals surface area contributed by atoms with Crippen LogP contribution in [-0.4, -0.2) is 34.9 Å². The maximum absolute atomic E-state index is 12.7. The van der Waals surface area contributed by atoms with Crippen molar-refractivity contribution < 1.29 is 9.59 Å². The minimum atomic E-state index is -0.123. The molecule has 1 aliphatic heterocycles. The van der Waals surface area contributed by atoms with Gasteiger partial charge in [0.1, 0.15) is 0 Å². The Kier molecular flexibility index (Phi) is 5.69. The standard InChI is InChI=1S/C20H25N5O2/c1-13-11-14(2)22-20(21-13)25-10-4-5-16(12-25)19(27)24-18-8-6-17(7-9-18)23-15(3)26/h6-9,11,16H,4-5,10,12H2,1-3H3,(H,23,26)(H,24,27). The average Bonchev–Trinajstić information content (AvgIpc) is 2.62. The summed E-state index contributed by atoms with van der Waals surface area (Å²) in [5, 5.41) is 5.68. The lowest BCUT2D eigenvalue weighted by Crippen LogP contribution is -2.41.